The van der Waals surface area contributed by atoms with Gasteiger partial charge in [-0.1, -0.05) is 25.1 Å². The van der Waals surface area contributed by atoms with E-state index in [-0.39, 0.29) is 5.91 Å². The highest BCUT2D eigenvalue weighted by molar-refractivity contribution is 7.80. The molecule has 0 unspecified atom stereocenters. The normalized spacial score (nSPS) is 16.3. The first-order chi connectivity index (χ1) is 10.0. The third kappa shape index (κ3) is 3.10. The third-order valence-corrected chi connectivity index (χ3v) is 4.32. The number of nitrogens with two attached hydrogens (primary N) is 1. The molecule has 1 aromatic rings. The standard InChI is InChI=1S/C15H20N2O3S/c1-19-10-5-6-12(20-2)11(9-10)13(18)17-15(14(16)21)7-3-4-8-15/h5-6,9H,3-4,7-8H2,1-2H3,(H2,16,21)(H,17,18). The highest BCUT2D eigenvalue weighted by Crippen LogP contribution is 2.31. The van der Waals surface area contributed by atoms with Crippen LogP contribution < -0.4 is 20.5 Å². The predicted molar refractivity (Wildman–Crippen MR) is 85.0 cm³/mol. The number of amides is 1. The monoisotopic (exact) mass is 308 g/mol. The van der Waals surface area contributed by atoms with Gasteiger partial charge in [0.25, 0.3) is 5.91 Å². The molecule has 1 fully saturated rings. The molecule has 2 rings (SSSR count). The van der Waals surface area contributed by atoms with Crippen molar-refractivity contribution in [1.82, 2.24) is 5.32 Å². The van der Waals surface area contributed by atoms with E-state index in [1.54, 1.807) is 25.3 Å². The summed E-state index contributed by atoms with van der Waals surface area (Å²) < 4.78 is 10.4. The zero-order valence-electron chi connectivity index (χ0n) is 12.3. The van der Waals surface area contributed by atoms with Crippen LogP contribution in [0.15, 0.2) is 18.2 Å². The van der Waals surface area contributed by atoms with E-state index in [0.717, 1.165) is 25.7 Å². The maximum atomic E-state index is 12.6. The SMILES string of the molecule is COc1ccc(OC)c(C(=O)NC2(C(N)=S)CCCC2)c1. The first kappa shape index (κ1) is 15.6. The fraction of sp³-hybridized carbons (Fsp3) is 0.467. The Morgan fingerprint density at radius 2 is 1.95 bits per heavy atom. The molecule has 1 aliphatic rings. The second-order valence-electron chi connectivity index (χ2n) is 5.17. The van der Waals surface area contributed by atoms with E-state index >= 15 is 0 Å². The Morgan fingerprint density at radius 1 is 1.29 bits per heavy atom. The number of hydrogen-bond donors (Lipinski definition) is 2. The highest BCUT2D eigenvalue weighted by atomic mass is 32.1. The van der Waals surface area contributed by atoms with Gasteiger partial charge >= 0.3 is 0 Å². The van der Waals surface area contributed by atoms with Crippen LogP contribution in [0.4, 0.5) is 0 Å². The fourth-order valence-electron chi connectivity index (χ4n) is 2.69. The average Bonchev–Trinajstić information content (AvgIpc) is 2.96. The van der Waals surface area contributed by atoms with Gasteiger partial charge in [0.2, 0.25) is 0 Å². The number of rotatable bonds is 5. The number of hydrogen-bond acceptors (Lipinski definition) is 4. The maximum Gasteiger partial charge on any atom is 0.255 e. The van der Waals surface area contributed by atoms with Crippen LogP contribution in [0.1, 0.15) is 36.0 Å². The van der Waals surface area contributed by atoms with Gasteiger partial charge in [0.05, 0.1) is 30.3 Å². The van der Waals surface area contributed by atoms with Crippen LogP contribution in [0.2, 0.25) is 0 Å². The second-order valence-corrected chi connectivity index (χ2v) is 5.61. The minimum atomic E-state index is -0.583. The number of carbonyl (C=O) groups excluding carboxylic acids is 1. The van der Waals surface area contributed by atoms with Crippen molar-refractivity contribution in [3.8, 4) is 11.5 Å². The fourth-order valence-corrected chi connectivity index (χ4v) is 2.94. The first-order valence-electron chi connectivity index (χ1n) is 6.87. The number of carbonyl (C=O) groups is 1. The molecule has 0 bridgehead atoms. The van der Waals surface area contributed by atoms with E-state index in [4.69, 9.17) is 27.4 Å². The summed E-state index contributed by atoms with van der Waals surface area (Å²) in [4.78, 5) is 12.9. The molecule has 5 nitrogen and oxygen atoms in total. The van der Waals surface area contributed by atoms with E-state index in [0.29, 0.717) is 22.1 Å². The minimum absolute atomic E-state index is 0.250. The third-order valence-electron chi connectivity index (χ3n) is 3.93. The van der Waals surface area contributed by atoms with Crippen LogP contribution in [0.25, 0.3) is 0 Å². The van der Waals surface area contributed by atoms with Crippen LogP contribution in [0, 0.1) is 0 Å². The Bertz CT molecular complexity index is 554. The first-order valence-corrected chi connectivity index (χ1v) is 7.28. The molecule has 0 radical (unpaired) electrons. The molecular formula is C15H20N2O3S. The molecule has 21 heavy (non-hydrogen) atoms. The summed E-state index contributed by atoms with van der Waals surface area (Å²) in [5.41, 5.74) is 5.68. The van der Waals surface area contributed by atoms with E-state index in [2.05, 4.69) is 5.32 Å². The number of thiocarbonyl (C=S) groups is 1. The van der Waals surface area contributed by atoms with Gasteiger partial charge in [-0.05, 0) is 31.0 Å². The van der Waals surface area contributed by atoms with Crippen LogP contribution in [-0.4, -0.2) is 30.7 Å². The van der Waals surface area contributed by atoms with Gasteiger partial charge in [-0.15, -0.1) is 0 Å². The lowest BCUT2D eigenvalue weighted by Gasteiger charge is -2.29. The average molecular weight is 308 g/mol. The molecule has 3 N–H and O–H groups in total. The highest BCUT2D eigenvalue weighted by Gasteiger charge is 2.38. The van der Waals surface area contributed by atoms with E-state index < -0.39 is 5.54 Å². The molecule has 114 valence electrons. The zero-order valence-corrected chi connectivity index (χ0v) is 13.1. The molecule has 0 atom stereocenters. The summed E-state index contributed by atoms with van der Waals surface area (Å²) in [5, 5.41) is 2.99. The zero-order chi connectivity index (χ0) is 15.5. The van der Waals surface area contributed by atoms with Gasteiger partial charge in [-0.2, -0.15) is 0 Å². The number of nitrogens with one attached hydrogen (secondary N) is 1. The lowest BCUT2D eigenvalue weighted by Crippen LogP contribution is -2.54. The van der Waals surface area contributed by atoms with E-state index in [1.165, 1.54) is 7.11 Å². The molecule has 1 amide bonds. The summed E-state index contributed by atoms with van der Waals surface area (Å²) >= 11 is 5.15. The molecule has 6 heteroatoms. The van der Waals surface area contributed by atoms with E-state index in [9.17, 15) is 4.79 Å². The predicted octanol–water partition coefficient (Wildman–Crippen LogP) is 2.03. The molecular weight excluding hydrogens is 288 g/mol. The number of benzene rings is 1. The second kappa shape index (κ2) is 6.30. The Morgan fingerprint density at radius 3 is 2.48 bits per heavy atom. The van der Waals surface area contributed by atoms with Crippen molar-refractivity contribution in [3.05, 3.63) is 23.8 Å². The smallest absolute Gasteiger partial charge is 0.255 e. The Labute approximate surface area is 129 Å². The molecule has 0 spiro atoms. The van der Waals surface area contributed by atoms with Crippen molar-refractivity contribution < 1.29 is 14.3 Å². The Balaban J connectivity index is 2.29. The maximum absolute atomic E-state index is 12.6. The summed E-state index contributed by atoms with van der Waals surface area (Å²) in [6.07, 6.45) is 3.57. The summed E-state index contributed by atoms with van der Waals surface area (Å²) in [5.74, 6) is 0.835. The minimum Gasteiger partial charge on any atom is -0.497 e. The molecule has 0 aromatic heterocycles. The molecule has 0 aliphatic heterocycles. The van der Waals surface area contributed by atoms with Gasteiger partial charge < -0.3 is 20.5 Å². The number of ether oxygens (including phenoxy) is 2. The number of methoxy groups -OCH3 is 2. The van der Waals surface area contributed by atoms with Crippen LogP contribution in [0.5, 0.6) is 11.5 Å². The molecule has 1 aliphatic carbocycles. The summed E-state index contributed by atoms with van der Waals surface area (Å²) in [6.45, 7) is 0. The van der Waals surface area contributed by atoms with E-state index in [1.807, 2.05) is 0 Å². The lowest BCUT2D eigenvalue weighted by atomic mass is 9.96. The molecule has 0 saturated heterocycles. The van der Waals surface area contributed by atoms with Crippen molar-refractivity contribution in [2.24, 2.45) is 5.73 Å². The summed E-state index contributed by atoms with van der Waals surface area (Å²) in [7, 11) is 3.08. The Kier molecular flexibility index (Phi) is 4.67. The van der Waals surface area contributed by atoms with Crippen molar-refractivity contribution in [2.45, 2.75) is 31.2 Å². The molecule has 1 aromatic carbocycles. The van der Waals surface area contributed by atoms with Gasteiger partial charge in [0.15, 0.2) is 0 Å². The van der Waals surface area contributed by atoms with Crippen molar-refractivity contribution in [3.63, 3.8) is 0 Å². The van der Waals surface area contributed by atoms with Gasteiger partial charge in [-0.3, -0.25) is 4.79 Å². The van der Waals surface area contributed by atoms with Crippen molar-refractivity contribution >= 4 is 23.1 Å². The van der Waals surface area contributed by atoms with Crippen molar-refractivity contribution in [1.29, 1.82) is 0 Å². The van der Waals surface area contributed by atoms with Gasteiger partial charge in [-0.25, -0.2) is 0 Å². The van der Waals surface area contributed by atoms with Gasteiger partial charge in [0, 0.05) is 0 Å². The quantitative estimate of drug-likeness (QED) is 0.814. The Hall–Kier alpha value is -1.82. The van der Waals surface area contributed by atoms with Crippen LogP contribution in [0.3, 0.4) is 0 Å². The topological polar surface area (TPSA) is 73.6 Å². The molecule has 0 heterocycles. The largest absolute Gasteiger partial charge is 0.497 e. The molecule has 1 saturated carbocycles. The summed E-state index contributed by atoms with van der Waals surface area (Å²) in [6, 6.07) is 5.10. The van der Waals surface area contributed by atoms with Crippen LogP contribution in [-0.2, 0) is 0 Å². The van der Waals surface area contributed by atoms with Gasteiger partial charge in [0.1, 0.15) is 11.5 Å². The lowest BCUT2D eigenvalue weighted by molar-refractivity contribution is 0.0921. The van der Waals surface area contributed by atoms with Crippen molar-refractivity contribution in [2.75, 3.05) is 14.2 Å². The van der Waals surface area contributed by atoms with Crippen LogP contribution >= 0.6 is 12.2 Å².